The minimum atomic E-state index is -0.148. The first-order chi connectivity index (χ1) is 8.06. The number of carbonyl (C=O) groups excluding carboxylic acids is 1. The first kappa shape index (κ1) is 12.5. The third-order valence-electron chi connectivity index (χ3n) is 3.43. The van der Waals surface area contributed by atoms with E-state index in [4.69, 9.17) is 0 Å². The van der Waals surface area contributed by atoms with Gasteiger partial charge in [-0.1, -0.05) is 6.92 Å². The van der Waals surface area contributed by atoms with Crippen LogP contribution >= 0.6 is 11.5 Å². The second-order valence-corrected chi connectivity index (χ2v) is 5.74. The Balaban J connectivity index is 2.13. The summed E-state index contributed by atoms with van der Waals surface area (Å²) in [6.07, 6.45) is 1.94. The van der Waals surface area contributed by atoms with Crippen LogP contribution in [0.25, 0.3) is 0 Å². The Hall–Kier alpha value is -0.940. The van der Waals surface area contributed by atoms with Gasteiger partial charge in [0.2, 0.25) is 0 Å². The molecule has 5 heteroatoms. The lowest BCUT2D eigenvalue weighted by Gasteiger charge is -2.39. The SMILES string of the molecule is Cc1nscc1C(=O)N1CCCC(C)(CO)C1. The van der Waals surface area contributed by atoms with Crippen LogP contribution in [0.1, 0.15) is 35.8 Å². The molecule has 2 heterocycles. The standard InChI is InChI=1S/C12H18N2O2S/c1-9-10(6-17-13-9)11(16)14-5-3-4-12(2,7-14)8-15/h6,15H,3-5,7-8H2,1-2H3. The summed E-state index contributed by atoms with van der Waals surface area (Å²) >= 11 is 1.32. The summed E-state index contributed by atoms with van der Waals surface area (Å²) in [7, 11) is 0. The fourth-order valence-electron chi connectivity index (χ4n) is 2.29. The van der Waals surface area contributed by atoms with Gasteiger partial charge < -0.3 is 10.0 Å². The number of hydrogen-bond acceptors (Lipinski definition) is 4. The second kappa shape index (κ2) is 4.74. The first-order valence-electron chi connectivity index (χ1n) is 5.87. The lowest BCUT2D eigenvalue weighted by Crippen LogP contribution is -2.46. The number of nitrogens with zero attached hydrogens (tertiary/aromatic N) is 2. The number of amides is 1. The van der Waals surface area contributed by atoms with Crippen molar-refractivity contribution >= 4 is 17.4 Å². The zero-order valence-electron chi connectivity index (χ0n) is 10.3. The van der Waals surface area contributed by atoms with Gasteiger partial charge in [-0.05, 0) is 31.3 Å². The topological polar surface area (TPSA) is 53.4 Å². The molecular weight excluding hydrogens is 236 g/mol. The van der Waals surface area contributed by atoms with E-state index in [1.165, 1.54) is 11.5 Å². The highest BCUT2D eigenvalue weighted by molar-refractivity contribution is 7.03. The van der Waals surface area contributed by atoms with Crippen molar-refractivity contribution in [1.29, 1.82) is 0 Å². The highest BCUT2D eigenvalue weighted by atomic mass is 32.1. The van der Waals surface area contributed by atoms with Crippen molar-refractivity contribution in [2.45, 2.75) is 26.7 Å². The summed E-state index contributed by atoms with van der Waals surface area (Å²) in [6.45, 7) is 5.45. The quantitative estimate of drug-likeness (QED) is 0.873. The van der Waals surface area contributed by atoms with Gasteiger partial charge in [0, 0.05) is 23.9 Å². The Labute approximate surface area is 105 Å². The number of carbonyl (C=O) groups is 1. The van der Waals surface area contributed by atoms with E-state index >= 15 is 0 Å². The minimum absolute atomic E-state index is 0.0515. The molecule has 1 atom stereocenters. The van der Waals surface area contributed by atoms with Crippen molar-refractivity contribution in [2.24, 2.45) is 5.41 Å². The average Bonchev–Trinajstić information content (AvgIpc) is 2.75. The van der Waals surface area contributed by atoms with E-state index in [1.807, 2.05) is 24.1 Å². The zero-order valence-corrected chi connectivity index (χ0v) is 11.1. The molecule has 1 aromatic heterocycles. The van der Waals surface area contributed by atoms with Gasteiger partial charge in [0.1, 0.15) is 0 Å². The summed E-state index contributed by atoms with van der Waals surface area (Å²) in [6, 6.07) is 0. The van der Waals surface area contributed by atoms with E-state index < -0.39 is 0 Å². The van der Waals surface area contributed by atoms with Crippen molar-refractivity contribution in [1.82, 2.24) is 9.27 Å². The van der Waals surface area contributed by atoms with Crippen LogP contribution in [0.3, 0.4) is 0 Å². The third kappa shape index (κ3) is 2.50. The molecule has 17 heavy (non-hydrogen) atoms. The van der Waals surface area contributed by atoms with Crippen LogP contribution in [0.4, 0.5) is 0 Å². The largest absolute Gasteiger partial charge is 0.396 e. The van der Waals surface area contributed by atoms with E-state index in [0.717, 1.165) is 25.1 Å². The van der Waals surface area contributed by atoms with Crippen LogP contribution in [0, 0.1) is 12.3 Å². The van der Waals surface area contributed by atoms with Crippen LogP contribution in [0.5, 0.6) is 0 Å². The lowest BCUT2D eigenvalue weighted by molar-refractivity contribution is 0.0357. The van der Waals surface area contributed by atoms with Crippen molar-refractivity contribution in [3.8, 4) is 0 Å². The van der Waals surface area contributed by atoms with E-state index in [2.05, 4.69) is 4.37 Å². The molecule has 0 radical (unpaired) electrons. The number of likely N-dealkylation sites (tertiary alicyclic amines) is 1. The molecule has 1 aliphatic rings. The van der Waals surface area contributed by atoms with Crippen LogP contribution in [-0.2, 0) is 0 Å². The monoisotopic (exact) mass is 254 g/mol. The van der Waals surface area contributed by atoms with Gasteiger partial charge in [0.25, 0.3) is 5.91 Å². The number of hydrogen-bond donors (Lipinski definition) is 1. The average molecular weight is 254 g/mol. The predicted octanol–water partition coefficient (Wildman–Crippen LogP) is 1.69. The summed E-state index contributed by atoms with van der Waals surface area (Å²) in [4.78, 5) is 14.1. The Kier molecular flexibility index (Phi) is 3.49. The number of piperidine rings is 1. The Bertz CT molecular complexity index is 418. The van der Waals surface area contributed by atoms with Crippen molar-refractivity contribution < 1.29 is 9.90 Å². The maximum absolute atomic E-state index is 12.3. The highest BCUT2D eigenvalue weighted by Gasteiger charge is 2.33. The van der Waals surface area contributed by atoms with E-state index in [0.29, 0.717) is 12.1 Å². The van der Waals surface area contributed by atoms with Crippen LogP contribution in [0.15, 0.2) is 5.38 Å². The molecule has 1 aromatic rings. The molecule has 4 nitrogen and oxygen atoms in total. The van der Waals surface area contributed by atoms with Gasteiger partial charge in [-0.25, -0.2) is 0 Å². The zero-order chi connectivity index (χ0) is 12.5. The summed E-state index contributed by atoms with van der Waals surface area (Å²) in [5, 5.41) is 11.2. The molecule has 1 amide bonds. The van der Waals surface area contributed by atoms with Crippen molar-refractivity contribution in [3.63, 3.8) is 0 Å². The van der Waals surface area contributed by atoms with Crippen LogP contribution in [-0.4, -0.2) is 40.0 Å². The fourth-order valence-corrected chi connectivity index (χ4v) is 2.97. The lowest BCUT2D eigenvalue weighted by atomic mass is 9.82. The number of rotatable bonds is 2. The van der Waals surface area contributed by atoms with Crippen LogP contribution in [0.2, 0.25) is 0 Å². The molecule has 94 valence electrons. The Morgan fingerprint density at radius 3 is 3.06 bits per heavy atom. The maximum Gasteiger partial charge on any atom is 0.256 e. The van der Waals surface area contributed by atoms with Gasteiger partial charge in [0.15, 0.2) is 0 Å². The number of aliphatic hydroxyl groups is 1. The molecule has 0 spiro atoms. The molecule has 1 aliphatic heterocycles. The van der Waals surface area contributed by atoms with Gasteiger partial charge in [-0.15, -0.1) is 0 Å². The molecule has 1 saturated heterocycles. The maximum atomic E-state index is 12.3. The fraction of sp³-hybridized carbons (Fsp3) is 0.667. The molecular formula is C12H18N2O2S. The first-order valence-corrected chi connectivity index (χ1v) is 6.70. The smallest absolute Gasteiger partial charge is 0.256 e. The molecule has 2 rings (SSSR count). The second-order valence-electron chi connectivity index (χ2n) is 5.11. The normalized spacial score (nSPS) is 25.0. The van der Waals surface area contributed by atoms with Crippen molar-refractivity contribution in [3.05, 3.63) is 16.6 Å². The highest BCUT2D eigenvalue weighted by Crippen LogP contribution is 2.29. The summed E-state index contributed by atoms with van der Waals surface area (Å²) in [5.41, 5.74) is 1.36. The third-order valence-corrected chi connectivity index (χ3v) is 4.15. The molecule has 0 aliphatic carbocycles. The molecule has 0 aromatic carbocycles. The minimum Gasteiger partial charge on any atom is -0.396 e. The van der Waals surface area contributed by atoms with Crippen molar-refractivity contribution in [2.75, 3.05) is 19.7 Å². The molecule has 1 unspecified atom stereocenters. The summed E-state index contributed by atoms with van der Waals surface area (Å²) < 4.78 is 4.13. The Morgan fingerprint density at radius 2 is 2.47 bits per heavy atom. The van der Waals surface area contributed by atoms with E-state index in [9.17, 15) is 9.90 Å². The van der Waals surface area contributed by atoms with Crippen LogP contribution < -0.4 is 0 Å². The van der Waals surface area contributed by atoms with E-state index in [-0.39, 0.29) is 17.9 Å². The summed E-state index contributed by atoms with van der Waals surface area (Å²) in [5.74, 6) is 0.0515. The molecule has 0 bridgehead atoms. The molecule has 0 saturated carbocycles. The van der Waals surface area contributed by atoms with E-state index in [1.54, 1.807) is 0 Å². The number of aryl methyl sites for hydroxylation is 1. The number of aromatic nitrogens is 1. The predicted molar refractivity (Wildman–Crippen MR) is 67.2 cm³/mol. The van der Waals surface area contributed by atoms with Gasteiger partial charge in [-0.2, -0.15) is 4.37 Å². The van der Waals surface area contributed by atoms with Gasteiger partial charge >= 0.3 is 0 Å². The molecule has 1 N–H and O–H groups in total. The van der Waals surface area contributed by atoms with Gasteiger partial charge in [-0.3, -0.25) is 4.79 Å². The Morgan fingerprint density at radius 1 is 1.71 bits per heavy atom. The number of aliphatic hydroxyl groups excluding tert-OH is 1. The van der Waals surface area contributed by atoms with Gasteiger partial charge in [0.05, 0.1) is 17.9 Å². The molecule has 1 fully saturated rings.